The van der Waals surface area contributed by atoms with E-state index >= 15 is 0 Å². The Morgan fingerprint density at radius 1 is 1.28 bits per heavy atom. The summed E-state index contributed by atoms with van der Waals surface area (Å²) in [5.41, 5.74) is 4.11. The Balaban J connectivity index is 1.72. The van der Waals surface area contributed by atoms with E-state index in [1.807, 2.05) is 47.0 Å². The Morgan fingerprint density at radius 2 is 2.20 bits per heavy atom. The van der Waals surface area contributed by atoms with Gasteiger partial charge in [-0.25, -0.2) is 4.98 Å². The molecule has 1 N–H and O–H groups in total. The first kappa shape index (κ1) is 15.7. The van der Waals surface area contributed by atoms with Crippen LogP contribution in [0.3, 0.4) is 0 Å². The van der Waals surface area contributed by atoms with Gasteiger partial charge in [-0.05, 0) is 54.3 Å². The summed E-state index contributed by atoms with van der Waals surface area (Å²) in [6.07, 6.45) is 15.0. The molecule has 3 aromatic heterocycles. The summed E-state index contributed by atoms with van der Waals surface area (Å²) in [6, 6.07) is 7.70. The van der Waals surface area contributed by atoms with Crippen LogP contribution in [0.25, 0.3) is 23.4 Å². The van der Waals surface area contributed by atoms with Gasteiger partial charge in [-0.15, -0.1) is 0 Å². The van der Waals surface area contributed by atoms with Crippen LogP contribution in [0.4, 0.5) is 0 Å². The molecule has 0 saturated heterocycles. The molecule has 0 radical (unpaired) electrons. The smallest absolute Gasteiger partial charge is 0.255 e. The van der Waals surface area contributed by atoms with Gasteiger partial charge in [-0.1, -0.05) is 29.8 Å². The first-order chi connectivity index (χ1) is 12.2. The van der Waals surface area contributed by atoms with E-state index in [4.69, 9.17) is 11.6 Å². The molecule has 0 fully saturated rings. The van der Waals surface area contributed by atoms with Gasteiger partial charge in [-0.2, -0.15) is 0 Å². The number of aromatic amines is 1. The van der Waals surface area contributed by atoms with Gasteiger partial charge in [0.15, 0.2) is 0 Å². The third kappa shape index (κ3) is 3.08. The third-order valence-corrected chi connectivity index (χ3v) is 4.62. The molecule has 0 amide bonds. The molecule has 1 aliphatic rings. The van der Waals surface area contributed by atoms with E-state index in [0.29, 0.717) is 5.56 Å². The summed E-state index contributed by atoms with van der Waals surface area (Å²) < 4.78 is 1.97. The maximum absolute atomic E-state index is 12.2. The van der Waals surface area contributed by atoms with E-state index in [-0.39, 0.29) is 5.56 Å². The monoisotopic (exact) mass is 349 g/mol. The van der Waals surface area contributed by atoms with Gasteiger partial charge in [0.1, 0.15) is 5.65 Å². The zero-order valence-corrected chi connectivity index (χ0v) is 14.2. The molecule has 1 aliphatic carbocycles. The molecule has 0 aromatic carbocycles. The van der Waals surface area contributed by atoms with Crippen LogP contribution in [-0.4, -0.2) is 14.4 Å². The molecular weight excluding hydrogens is 334 g/mol. The maximum Gasteiger partial charge on any atom is 0.255 e. The van der Waals surface area contributed by atoms with Crippen molar-refractivity contribution in [2.24, 2.45) is 0 Å². The van der Waals surface area contributed by atoms with Crippen LogP contribution in [-0.2, 0) is 0 Å². The number of nitrogens with zero attached hydrogens (tertiary/aromatic N) is 2. The molecule has 3 aromatic rings. The number of fused-ring (bicyclic) bond motifs is 1. The predicted octanol–water partition coefficient (Wildman–Crippen LogP) is 4.49. The second-order valence-electron chi connectivity index (χ2n) is 5.88. The highest BCUT2D eigenvalue weighted by Crippen LogP contribution is 2.29. The molecule has 0 saturated carbocycles. The average molecular weight is 350 g/mol. The first-order valence-electron chi connectivity index (χ1n) is 8.11. The van der Waals surface area contributed by atoms with Crippen molar-refractivity contribution in [3.05, 3.63) is 87.2 Å². The number of hydrogen-bond acceptors (Lipinski definition) is 2. The van der Waals surface area contributed by atoms with E-state index in [1.54, 1.807) is 18.5 Å². The highest BCUT2D eigenvalue weighted by Gasteiger charge is 2.10. The minimum atomic E-state index is -0.134. The van der Waals surface area contributed by atoms with Crippen molar-refractivity contribution in [2.45, 2.75) is 12.8 Å². The van der Waals surface area contributed by atoms with Crippen LogP contribution >= 0.6 is 11.6 Å². The van der Waals surface area contributed by atoms with Gasteiger partial charge in [0, 0.05) is 23.0 Å². The fraction of sp³-hybridized carbons (Fsp3) is 0.100. The number of H-pyrrole nitrogens is 1. The topological polar surface area (TPSA) is 50.2 Å². The van der Waals surface area contributed by atoms with Crippen LogP contribution in [0.2, 0.25) is 0 Å². The second-order valence-corrected chi connectivity index (χ2v) is 6.33. The molecule has 4 nitrogen and oxygen atoms in total. The van der Waals surface area contributed by atoms with Crippen molar-refractivity contribution in [2.75, 3.05) is 0 Å². The highest BCUT2D eigenvalue weighted by molar-refractivity contribution is 6.33. The van der Waals surface area contributed by atoms with Gasteiger partial charge < -0.3 is 9.38 Å². The molecule has 25 heavy (non-hydrogen) atoms. The quantitative estimate of drug-likeness (QED) is 0.757. The van der Waals surface area contributed by atoms with Crippen LogP contribution in [0.1, 0.15) is 29.7 Å². The summed E-state index contributed by atoms with van der Waals surface area (Å²) in [5.74, 6) is 0. The number of hydrogen-bond donors (Lipinski definition) is 1. The van der Waals surface area contributed by atoms with E-state index in [0.717, 1.165) is 40.4 Å². The van der Waals surface area contributed by atoms with Crippen molar-refractivity contribution in [1.29, 1.82) is 0 Å². The van der Waals surface area contributed by atoms with Crippen molar-refractivity contribution in [3.8, 4) is 0 Å². The van der Waals surface area contributed by atoms with Gasteiger partial charge in [0.25, 0.3) is 5.56 Å². The van der Waals surface area contributed by atoms with E-state index in [1.165, 1.54) is 0 Å². The minimum Gasteiger partial charge on any atom is -0.328 e. The van der Waals surface area contributed by atoms with E-state index in [9.17, 15) is 4.79 Å². The molecule has 3 heterocycles. The van der Waals surface area contributed by atoms with Crippen molar-refractivity contribution >= 4 is 35.0 Å². The lowest BCUT2D eigenvalue weighted by atomic mass is 9.99. The Kier molecular flexibility index (Phi) is 4.12. The summed E-state index contributed by atoms with van der Waals surface area (Å²) in [5, 5.41) is 0.825. The molecule has 124 valence electrons. The molecular formula is C20H16ClN3O. The number of halogens is 1. The average Bonchev–Trinajstić information content (AvgIpc) is 3.05. The summed E-state index contributed by atoms with van der Waals surface area (Å²) in [4.78, 5) is 19.3. The maximum atomic E-state index is 12.2. The number of nitrogens with one attached hydrogen (secondary N) is 1. The van der Waals surface area contributed by atoms with Gasteiger partial charge in [0.2, 0.25) is 0 Å². The molecule has 0 unspecified atom stereocenters. The van der Waals surface area contributed by atoms with Crippen molar-refractivity contribution < 1.29 is 0 Å². The van der Waals surface area contributed by atoms with Gasteiger partial charge in [-0.3, -0.25) is 4.79 Å². The lowest BCUT2D eigenvalue weighted by Gasteiger charge is -2.11. The highest BCUT2D eigenvalue weighted by atomic mass is 35.5. The zero-order valence-electron chi connectivity index (χ0n) is 13.4. The van der Waals surface area contributed by atoms with E-state index in [2.05, 4.69) is 16.0 Å². The van der Waals surface area contributed by atoms with Crippen LogP contribution < -0.4 is 5.56 Å². The fourth-order valence-electron chi connectivity index (χ4n) is 2.92. The normalized spacial score (nSPS) is 14.8. The minimum absolute atomic E-state index is 0.134. The number of allylic oxidation sites excluding steroid dienone is 4. The number of pyridine rings is 2. The second kappa shape index (κ2) is 6.57. The summed E-state index contributed by atoms with van der Waals surface area (Å²) in [6.45, 7) is 0. The predicted molar refractivity (Wildman–Crippen MR) is 102 cm³/mol. The van der Waals surface area contributed by atoms with Crippen molar-refractivity contribution in [3.63, 3.8) is 0 Å². The third-order valence-electron chi connectivity index (χ3n) is 4.23. The number of imidazole rings is 1. The summed E-state index contributed by atoms with van der Waals surface area (Å²) >= 11 is 6.34. The molecule has 0 atom stereocenters. The number of aromatic nitrogens is 3. The first-order valence-corrected chi connectivity index (χ1v) is 8.48. The molecule has 0 spiro atoms. The van der Waals surface area contributed by atoms with Crippen LogP contribution in [0, 0.1) is 0 Å². The zero-order chi connectivity index (χ0) is 17.2. The fourth-order valence-corrected chi connectivity index (χ4v) is 3.20. The number of rotatable bonds is 3. The standard InChI is InChI=1S/C20H16ClN3O/c21-18-6-2-1-5-17(18)15-11-14(20(25)23-12-15)8-9-16-13-22-19-7-3-4-10-24(16)19/h1,3-5,7-13H,2,6H2,(H,23,25)/b9-8+. The molecule has 0 bridgehead atoms. The van der Waals surface area contributed by atoms with E-state index < -0.39 is 0 Å². The Bertz CT molecular complexity index is 1090. The molecule has 0 aliphatic heterocycles. The Morgan fingerprint density at radius 3 is 3.08 bits per heavy atom. The Hall–Kier alpha value is -2.85. The molecule has 5 heteroatoms. The molecule has 4 rings (SSSR count). The summed E-state index contributed by atoms with van der Waals surface area (Å²) in [7, 11) is 0. The van der Waals surface area contributed by atoms with Gasteiger partial charge in [0.05, 0.1) is 11.9 Å². The van der Waals surface area contributed by atoms with Gasteiger partial charge >= 0.3 is 0 Å². The van der Waals surface area contributed by atoms with Crippen molar-refractivity contribution in [1.82, 2.24) is 14.4 Å². The Labute approximate surface area is 149 Å². The lowest BCUT2D eigenvalue weighted by Crippen LogP contribution is -2.09. The SMILES string of the molecule is O=c1[nH]cc(C2=C(Cl)CCC=C2)cc1/C=C/c1cnc2ccccn12. The lowest BCUT2D eigenvalue weighted by molar-refractivity contribution is 1.02. The van der Waals surface area contributed by atoms with Crippen LogP contribution in [0.15, 0.2) is 64.8 Å². The largest absolute Gasteiger partial charge is 0.328 e. The van der Waals surface area contributed by atoms with Crippen LogP contribution in [0.5, 0.6) is 0 Å².